The maximum atomic E-state index is 5.72. The quantitative estimate of drug-likeness (QED) is 0.356. The van der Waals surface area contributed by atoms with Gasteiger partial charge < -0.3 is 4.74 Å². The molecule has 3 heteroatoms. The smallest absolute Gasteiger partial charge is 0.133 e. The molecule has 1 aromatic carbocycles. The molecule has 0 aromatic heterocycles. The standard InChI is InChI=1S/C18H26Br2O/c1-2-11-21-18-10-9-15(13-17(18)20)16(19)12-14-7-5-3-4-6-8-14/h9-10,13-14,16H,2-8,11-12H2,1H3. The van der Waals surface area contributed by atoms with Crippen molar-refractivity contribution in [3.05, 3.63) is 28.2 Å². The lowest BCUT2D eigenvalue weighted by molar-refractivity contribution is 0.315. The Morgan fingerprint density at radius 2 is 1.90 bits per heavy atom. The maximum absolute atomic E-state index is 5.72. The minimum absolute atomic E-state index is 0.456. The molecule has 0 N–H and O–H groups in total. The predicted octanol–water partition coefficient (Wildman–Crippen LogP) is 7.03. The molecule has 1 unspecified atom stereocenters. The molecule has 21 heavy (non-hydrogen) atoms. The molecule has 1 saturated carbocycles. The van der Waals surface area contributed by atoms with Crippen LogP contribution in [-0.2, 0) is 0 Å². The monoisotopic (exact) mass is 416 g/mol. The lowest BCUT2D eigenvalue weighted by Crippen LogP contribution is -2.03. The number of benzene rings is 1. The summed E-state index contributed by atoms with van der Waals surface area (Å²) in [6.07, 6.45) is 10.8. The van der Waals surface area contributed by atoms with Gasteiger partial charge in [-0.05, 0) is 52.4 Å². The van der Waals surface area contributed by atoms with Gasteiger partial charge in [0, 0.05) is 4.83 Å². The number of ether oxygens (including phenoxy) is 1. The van der Waals surface area contributed by atoms with Crippen LogP contribution in [0.3, 0.4) is 0 Å². The normalized spacial score (nSPS) is 18.2. The average molecular weight is 418 g/mol. The highest BCUT2D eigenvalue weighted by Gasteiger charge is 2.18. The molecule has 0 aliphatic heterocycles. The van der Waals surface area contributed by atoms with Crippen LogP contribution in [0.25, 0.3) is 0 Å². The Morgan fingerprint density at radius 3 is 2.52 bits per heavy atom. The van der Waals surface area contributed by atoms with Crippen molar-refractivity contribution in [3.63, 3.8) is 0 Å². The predicted molar refractivity (Wildman–Crippen MR) is 97.4 cm³/mol. The topological polar surface area (TPSA) is 9.23 Å². The molecule has 1 aliphatic carbocycles. The Labute approximate surface area is 146 Å². The molecule has 1 aromatic rings. The van der Waals surface area contributed by atoms with Crippen molar-refractivity contribution in [1.82, 2.24) is 0 Å². The van der Waals surface area contributed by atoms with Gasteiger partial charge in [-0.3, -0.25) is 0 Å². The molecular weight excluding hydrogens is 392 g/mol. The Bertz CT molecular complexity index is 425. The number of rotatable bonds is 6. The molecule has 0 radical (unpaired) electrons. The summed E-state index contributed by atoms with van der Waals surface area (Å²) in [4.78, 5) is 0.456. The number of hydrogen-bond acceptors (Lipinski definition) is 1. The molecule has 1 fully saturated rings. The molecule has 0 spiro atoms. The van der Waals surface area contributed by atoms with Crippen LogP contribution in [0, 0.1) is 5.92 Å². The summed E-state index contributed by atoms with van der Waals surface area (Å²) in [6, 6.07) is 6.50. The van der Waals surface area contributed by atoms with E-state index in [0.717, 1.165) is 29.2 Å². The van der Waals surface area contributed by atoms with E-state index < -0.39 is 0 Å². The van der Waals surface area contributed by atoms with Gasteiger partial charge >= 0.3 is 0 Å². The van der Waals surface area contributed by atoms with E-state index in [-0.39, 0.29) is 0 Å². The number of alkyl halides is 1. The van der Waals surface area contributed by atoms with Gasteiger partial charge in [0.05, 0.1) is 11.1 Å². The van der Waals surface area contributed by atoms with Crippen molar-refractivity contribution < 1.29 is 4.74 Å². The first-order valence-corrected chi connectivity index (χ1v) is 9.98. The van der Waals surface area contributed by atoms with E-state index in [1.54, 1.807) is 0 Å². The third-order valence-electron chi connectivity index (χ3n) is 4.29. The highest BCUT2D eigenvalue weighted by atomic mass is 79.9. The summed E-state index contributed by atoms with van der Waals surface area (Å²) in [6.45, 7) is 2.90. The highest BCUT2D eigenvalue weighted by molar-refractivity contribution is 9.10. The van der Waals surface area contributed by atoms with Gasteiger partial charge in [-0.1, -0.05) is 67.4 Å². The Kier molecular flexibility index (Phi) is 7.59. The Morgan fingerprint density at radius 1 is 1.19 bits per heavy atom. The van der Waals surface area contributed by atoms with Crippen LogP contribution in [0.2, 0.25) is 0 Å². The van der Waals surface area contributed by atoms with E-state index in [4.69, 9.17) is 4.74 Å². The van der Waals surface area contributed by atoms with Crippen LogP contribution in [-0.4, -0.2) is 6.61 Å². The first-order valence-electron chi connectivity index (χ1n) is 8.27. The van der Waals surface area contributed by atoms with Crippen molar-refractivity contribution in [3.8, 4) is 5.75 Å². The molecule has 1 aliphatic rings. The third-order valence-corrected chi connectivity index (χ3v) is 5.82. The summed E-state index contributed by atoms with van der Waals surface area (Å²) < 4.78 is 6.79. The van der Waals surface area contributed by atoms with Crippen LogP contribution in [0.1, 0.15) is 68.7 Å². The van der Waals surface area contributed by atoms with Crippen LogP contribution in [0.15, 0.2) is 22.7 Å². The minimum atomic E-state index is 0.456. The molecule has 1 atom stereocenters. The van der Waals surface area contributed by atoms with E-state index in [9.17, 15) is 0 Å². The van der Waals surface area contributed by atoms with Crippen LogP contribution in [0.5, 0.6) is 5.75 Å². The molecule has 0 saturated heterocycles. The summed E-state index contributed by atoms with van der Waals surface area (Å²) in [5.41, 5.74) is 1.36. The van der Waals surface area contributed by atoms with Crippen molar-refractivity contribution >= 4 is 31.9 Å². The van der Waals surface area contributed by atoms with E-state index in [1.807, 2.05) is 0 Å². The van der Waals surface area contributed by atoms with Crippen molar-refractivity contribution in [1.29, 1.82) is 0 Å². The van der Waals surface area contributed by atoms with E-state index >= 15 is 0 Å². The molecule has 1 nitrogen and oxygen atoms in total. The Balaban J connectivity index is 1.95. The van der Waals surface area contributed by atoms with Crippen LogP contribution >= 0.6 is 31.9 Å². The molecule has 118 valence electrons. The van der Waals surface area contributed by atoms with Gasteiger partial charge in [-0.15, -0.1) is 0 Å². The van der Waals surface area contributed by atoms with E-state index in [2.05, 4.69) is 57.0 Å². The fourth-order valence-electron chi connectivity index (χ4n) is 3.07. The first kappa shape index (κ1) is 17.3. The summed E-state index contributed by atoms with van der Waals surface area (Å²) in [5, 5.41) is 0. The van der Waals surface area contributed by atoms with Gasteiger partial charge in [-0.2, -0.15) is 0 Å². The fraction of sp³-hybridized carbons (Fsp3) is 0.667. The fourth-order valence-corrected chi connectivity index (χ4v) is 4.39. The van der Waals surface area contributed by atoms with Crippen molar-refractivity contribution in [2.24, 2.45) is 5.92 Å². The molecule has 0 bridgehead atoms. The summed E-state index contributed by atoms with van der Waals surface area (Å²) >= 11 is 7.53. The second kappa shape index (κ2) is 9.19. The molecule has 0 amide bonds. The van der Waals surface area contributed by atoms with Gasteiger partial charge in [0.25, 0.3) is 0 Å². The zero-order valence-electron chi connectivity index (χ0n) is 12.9. The number of halogens is 2. The lowest BCUT2D eigenvalue weighted by atomic mass is 9.93. The number of hydrogen-bond donors (Lipinski definition) is 0. The molecular formula is C18H26Br2O. The van der Waals surface area contributed by atoms with Gasteiger partial charge in [0.1, 0.15) is 5.75 Å². The summed E-state index contributed by atoms with van der Waals surface area (Å²) in [5.74, 6) is 1.83. The van der Waals surface area contributed by atoms with Crippen molar-refractivity contribution in [2.75, 3.05) is 6.61 Å². The summed E-state index contributed by atoms with van der Waals surface area (Å²) in [7, 11) is 0. The maximum Gasteiger partial charge on any atom is 0.133 e. The third kappa shape index (κ3) is 5.59. The van der Waals surface area contributed by atoms with Crippen molar-refractivity contribution in [2.45, 2.75) is 63.1 Å². The Hall–Kier alpha value is -0.0200. The van der Waals surface area contributed by atoms with E-state index in [1.165, 1.54) is 50.5 Å². The second-order valence-corrected chi connectivity index (χ2v) is 8.06. The SMILES string of the molecule is CCCOc1ccc(C(Br)CC2CCCCCC2)cc1Br. The average Bonchev–Trinajstić information content (AvgIpc) is 2.74. The first-order chi connectivity index (χ1) is 10.2. The zero-order chi connectivity index (χ0) is 15.1. The highest BCUT2D eigenvalue weighted by Crippen LogP contribution is 2.38. The second-order valence-electron chi connectivity index (χ2n) is 6.10. The molecule has 2 rings (SSSR count). The largest absolute Gasteiger partial charge is 0.492 e. The van der Waals surface area contributed by atoms with Gasteiger partial charge in [0.15, 0.2) is 0 Å². The van der Waals surface area contributed by atoms with Gasteiger partial charge in [-0.25, -0.2) is 0 Å². The van der Waals surface area contributed by atoms with Gasteiger partial charge in [0.2, 0.25) is 0 Å². The lowest BCUT2D eigenvalue weighted by Gasteiger charge is -2.19. The minimum Gasteiger partial charge on any atom is -0.492 e. The van der Waals surface area contributed by atoms with Crippen LogP contribution in [0.4, 0.5) is 0 Å². The van der Waals surface area contributed by atoms with Crippen LogP contribution < -0.4 is 4.74 Å². The molecule has 0 heterocycles. The zero-order valence-corrected chi connectivity index (χ0v) is 16.1. The van der Waals surface area contributed by atoms with E-state index in [0.29, 0.717) is 4.83 Å².